The van der Waals surface area contributed by atoms with Crippen molar-refractivity contribution >= 4 is 11.3 Å². The van der Waals surface area contributed by atoms with Gasteiger partial charge < -0.3 is 5.11 Å². The number of hydrogen-bond acceptors (Lipinski definition) is 2. The highest BCUT2D eigenvalue weighted by atomic mass is 32.1. The van der Waals surface area contributed by atoms with Crippen LogP contribution in [0.1, 0.15) is 28.3 Å². The molecule has 0 fully saturated rings. The lowest BCUT2D eigenvalue weighted by molar-refractivity contribution is 0.224. The molecule has 1 N–H and O–H groups in total. The van der Waals surface area contributed by atoms with E-state index in [1.54, 1.807) is 23.5 Å². The SMILES string of the molecule is CCc1ccc(C(O)c2ccc(F)cc2)s1. The molecule has 3 heteroatoms. The van der Waals surface area contributed by atoms with Crippen molar-refractivity contribution in [1.29, 1.82) is 0 Å². The number of hydrogen-bond donors (Lipinski definition) is 1. The molecule has 0 aliphatic rings. The first-order valence-electron chi connectivity index (χ1n) is 5.23. The van der Waals surface area contributed by atoms with Crippen LogP contribution in [0.25, 0.3) is 0 Å². The van der Waals surface area contributed by atoms with Crippen LogP contribution in [0.2, 0.25) is 0 Å². The van der Waals surface area contributed by atoms with E-state index in [4.69, 9.17) is 0 Å². The van der Waals surface area contributed by atoms with E-state index >= 15 is 0 Å². The minimum Gasteiger partial charge on any atom is -0.383 e. The van der Waals surface area contributed by atoms with Crippen LogP contribution in [0.4, 0.5) is 4.39 Å². The van der Waals surface area contributed by atoms with Crippen LogP contribution >= 0.6 is 11.3 Å². The van der Waals surface area contributed by atoms with E-state index in [0.29, 0.717) is 0 Å². The van der Waals surface area contributed by atoms with Crippen molar-refractivity contribution in [3.63, 3.8) is 0 Å². The molecule has 1 atom stereocenters. The van der Waals surface area contributed by atoms with Gasteiger partial charge in [0.05, 0.1) is 0 Å². The minimum absolute atomic E-state index is 0.281. The Morgan fingerprint density at radius 3 is 2.44 bits per heavy atom. The molecule has 2 rings (SSSR count). The number of aliphatic hydroxyl groups excluding tert-OH is 1. The number of aryl methyl sites for hydroxylation is 1. The van der Waals surface area contributed by atoms with Crippen LogP contribution in [0.3, 0.4) is 0 Å². The number of rotatable bonds is 3. The van der Waals surface area contributed by atoms with Gasteiger partial charge in [-0.25, -0.2) is 4.39 Å². The zero-order valence-electron chi connectivity index (χ0n) is 8.98. The molecule has 1 aromatic carbocycles. The van der Waals surface area contributed by atoms with E-state index in [0.717, 1.165) is 16.9 Å². The summed E-state index contributed by atoms with van der Waals surface area (Å²) >= 11 is 1.60. The highest BCUT2D eigenvalue weighted by Crippen LogP contribution is 2.28. The summed E-state index contributed by atoms with van der Waals surface area (Å²) < 4.78 is 12.7. The molecule has 16 heavy (non-hydrogen) atoms. The molecule has 0 amide bonds. The highest BCUT2D eigenvalue weighted by Gasteiger charge is 2.12. The number of thiophene rings is 1. The average Bonchev–Trinajstić information content (AvgIpc) is 2.77. The van der Waals surface area contributed by atoms with Gasteiger partial charge in [0.15, 0.2) is 0 Å². The van der Waals surface area contributed by atoms with Crippen LogP contribution in [0.5, 0.6) is 0 Å². The summed E-state index contributed by atoms with van der Waals surface area (Å²) in [6.07, 6.45) is 0.326. The monoisotopic (exact) mass is 236 g/mol. The number of aliphatic hydroxyl groups is 1. The van der Waals surface area contributed by atoms with Gasteiger partial charge in [0.25, 0.3) is 0 Å². The molecule has 0 saturated heterocycles. The maximum Gasteiger partial charge on any atom is 0.123 e. The molecule has 0 aliphatic carbocycles. The first kappa shape index (κ1) is 11.3. The lowest BCUT2D eigenvalue weighted by Crippen LogP contribution is -1.96. The molecular weight excluding hydrogens is 223 g/mol. The summed E-state index contributed by atoms with van der Waals surface area (Å²) in [5, 5.41) is 10.1. The lowest BCUT2D eigenvalue weighted by Gasteiger charge is -2.08. The van der Waals surface area contributed by atoms with Gasteiger partial charge in [0, 0.05) is 9.75 Å². The predicted octanol–water partition coefficient (Wildman–Crippen LogP) is 3.53. The van der Waals surface area contributed by atoms with Crippen LogP contribution in [-0.2, 0) is 6.42 Å². The quantitative estimate of drug-likeness (QED) is 0.864. The lowest BCUT2D eigenvalue weighted by atomic mass is 10.1. The Kier molecular flexibility index (Phi) is 3.36. The Bertz CT molecular complexity index is 461. The second-order valence-corrected chi connectivity index (χ2v) is 4.81. The molecule has 1 heterocycles. The van der Waals surface area contributed by atoms with E-state index in [1.165, 1.54) is 17.0 Å². The summed E-state index contributed by atoms with van der Waals surface area (Å²) in [7, 11) is 0. The van der Waals surface area contributed by atoms with Crippen molar-refractivity contribution in [3.05, 3.63) is 57.5 Å². The summed E-state index contributed by atoms with van der Waals surface area (Å²) in [5.41, 5.74) is 0.728. The van der Waals surface area contributed by atoms with E-state index in [1.807, 2.05) is 12.1 Å². The van der Waals surface area contributed by atoms with E-state index in [2.05, 4.69) is 6.92 Å². The van der Waals surface area contributed by atoms with Crippen molar-refractivity contribution < 1.29 is 9.50 Å². The molecular formula is C13H13FOS. The largest absolute Gasteiger partial charge is 0.383 e. The molecule has 84 valence electrons. The molecule has 0 aliphatic heterocycles. The third kappa shape index (κ3) is 2.31. The van der Waals surface area contributed by atoms with Gasteiger partial charge in [-0.05, 0) is 36.2 Å². The fourth-order valence-corrected chi connectivity index (χ4v) is 2.51. The third-order valence-corrected chi connectivity index (χ3v) is 3.77. The normalized spacial score (nSPS) is 12.7. The molecule has 1 aromatic heterocycles. The maximum absolute atomic E-state index is 12.7. The van der Waals surface area contributed by atoms with Crippen molar-refractivity contribution in [2.45, 2.75) is 19.4 Å². The molecule has 1 nitrogen and oxygen atoms in total. The summed E-state index contributed by atoms with van der Waals surface area (Å²) in [6.45, 7) is 2.08. The van der Waals surface area contributed by atoms with Crippen molar-refractivity contribution in [1.82, 2.24) is 0 Å². The predicted molar refractivity (Wildman–Crippen MR) is 64.2 cm³/mol. The average molecular weight is 236 g/mol. The van der Waals surface area contributed by atoms with Crippen molar-refractivity contribution in [2.24, 2.45) is 0 Å². The number of halogens is 1. The molecule has 1 unspecified atom stereocenters. The maximum atomic E-state index is 12.7. The fourth-order valence-electron chi connectivity index (χ4n) is 1.54. The van der Waals surface area contributed by atoms with Crippen LogP contribution in [0.15, 0.2) is 36.4 Å². The fraction of sp³-hybridized carbons (Fsp3) is 0.231. The van der Waals surface area contributed by atoms with Gasteiger partial charge in [-0.2, -0.15) is 0 Å². The summed E-state index contributed by atoms with van der Waals surface area (Å²) in [6, 6.07) is 9.92. The topological polar surface area (TPSA) is 20.2 Å². The zero-order chi connectivity index (χ0) is 11.5. The van der Waals surface area contributed by atoms with E-state index in [9.17, 15) is 9.50 Å². The van der Waals surface area contributed by atoms with E-state index < -0.39 is 6.10 Å². The van der Waals surface area contributed by atoms with Crippen molar-refractivity contribution in [3.8, 4) is 0 Å². The van der Waals surface area contributed by atoms with E-state index in [-0.39, 0.29) is 5.82 Å². The third-order valence-electron chi connectivity index (χ3n) is 2.49. The summed E-state index contributed by atoms with van der Waals surface area (Å²) in [5.74, 6) is -0.281. The smallest absolute Gasteiger partial charge is 0.123 e. The first-order chi connectivity index (χ1) is 7.70. The standard InChI is InChI=1S/C13H13FOS/c1-2-11-7-8-12(16-11)13(15)9-3-5-10(14)6-4-9/h3-8,13,15H,2H2,1H3. The molecule has 0 radical (unpaired) electrons. The molecule has 0 spiro atoms. The Balaban J connectivity index is 2.24. The Hall–Kier alpha value is -1.19. The van der Waals surface area contributed by atoms with Crippen molar-refractivity contribution in [2.75, 3.05) is 0 Å². The minimum atomic E-state index is -0.647. The number of benzene rings is 1. The molecule has 2 aromatic rings. The first-order valence-corrected chi connectivity index (χ1v) is 6.04. The Morgan fingerprint density at radius 1 is 1.19 bits per heavy atom. The Labute approximate surface area is 98.2 Å². The highest BCUT2D eigenvalue weighted by molar-refractivity contribution is 7.12. The second kappa shape index (κ2) is 4.76. The second-order valence-electron chi connectivity index (χ2n) is 3.61. The molecule has 0 saturated carbocycles. The van der Waals surface area contributed by atoms with Gasteiger partial charge in [0.2, 0.25) is 0 Å². The van der Waals surface area contributed by atoms with Gasteiger partial charge in [-0.3, -0.25) is 0 Å². The zero-order valence-corrected chi connectivity index (χ0v) is 9.80. The van der Waals surface area contributed by atoms with Gasteiger partial charge in [0.1, 0.15) is 11.9 Å². The van der Waals surface area contributed by atoms with Crippen LogP contribution in [-0.4, -0.2) is 5.11 Å². The van der Waals surface area contributed by atoms with Gasteiger partial charge in [-0.15, -0.1) is 11.3 Å². The summed E-state index contributed by atoms with van der Waals surface area (Å²) in [4.78, 5) is 2.15. The van der Waals surface area contributed by atoms with Gasteiger partial charge >= 0.3 is 0 Å². The molecule has 0 bridgehead atoms. The Morgan fingerprint density at radius 2 is 1.88 bits per heavy atom. The van der Waals surface area contributed by atoms with Crippen LogP contribution < -0.4 is 0 Å². The van der Waals surface area contributed by atoms with Crippen LogP contribution in [0, 0.1) is 5.82 Å². The van der Waals surface area contributed by atoms with Gasteiger partial charge in [-0.1, -0.05) is 19.1 Å².